The minimum Gasteiger partial charge on any atom is -0.361 e. The van der Waals surface area contributed by atoms with Gasteiger partial charge in [0.2, 0.25) is 5.95 Å². The molecule has 0 saturated carbocycles. The summed E-state index contributed by atoms with van der Waals surface area (Å²) in [4.78, 5) is 21.0. The Morgan fingerprint density at radius 3 is 2.78 bits per heavy atom. The number of rotatable bonds is 6. The van der Waals surface area contributed by atoms with Crippen LogP contribution in [0.3, 0.4) is 0 Å². The van der Waals surface area contributed by atoms with Crippen molar-refractivity contribution in [2.75, 3.05) is 6.61 Å². The standard InChI is InChI=1S/C18H20FN5O2Si/c1-27(2,3)10-9-26-12-23-17-14(5-4-8-21-17)24(18(23)25)16-13(11-20)6-7-15(19)22-16/h4-8H,9-10,12H2,1-3H3. The lowest BCUT2D eigenvalue weighted by Gasteiger charge is -2.15. The molecule has 3 aromatic heterocycles. The summed E-state index contributed by atoms with van der Waals surface area (Å²) in [5.74, 6) is -0.826. The summed E-state index contributed by atoms with van der Waals surface area (Å²) < 4.78 is 22.0. The summed E-state index contributed by atoms with van der Waals surface area (Å²) >= 11 is 0. The molecule has 3 aromatic rings. The topological polar surface area (TPSA) is 85.7 Å². The molecule has 3 rings (SSSR count). The molecule has 0 atom stereocenters. The molecule has 0 aliphatic heterocycles. The predicted molar refractivity (Wildman–Crippen MR) is 102 cm³/mol. The second-order valence-corrected chi connectivity index (χ2v) is 13.0. The van der Waals surface area contributed by atoms with Crippen LogP contribution in [0, 0.1) is 17.3 Å². The summed E-state index contributed by atoms with van der Waals surface area (Å²) in [5.41, 5.74) is 0.448. The third kappa shape index (κ3) is 3.96. The van der Waals surface area contributed by atoms with Crippen LogP contribution >= 0.6 is 0 Å². The van der Waals surface area contributed by atoms with Crippen LogP contribution in [0.5, 0.6) is 0 Å². The molecule has 0 radical (unpaired) electrons. The van der Waals surface area contributed by atoms with Crippen LogP contribution in [0.25, 0.3) is 17.0 Å². The summed E-state index contributed by atoms with van der Waals surface area (Å²) in [6.45, 7) is 7.31. The van der Waals surface area contributed by atoms with E-state index in [0.29, 0.717) is 17.8 Å². The van der Waals surface area contributed by atoms with Crippen molar-refractivity contribution in [3.8, 4) is 11.9 Å². The van der Waals surface area contributed by atoms with Crippen molar-refractivity contribution < 1.29 is 9.13 Å². The molecule has 0 amide bonds. The van der Waals surface area contributed by atoms with E-state index in [9.17, 15) is 14.4 Å². The van der Waals surface area contributed by atoms with E-state index in [1.807, 2.05) is 6.07 Å². The van der Waals surface area contributed by atoms with Gasteiger partial charge in [-0.1, -0.05) is 19.6 Å². The van der Waals surface area contributed by atoms with E-state index < -0.39 is 19.7 Å². The van der Waals surface area contributed by atoms with Crippen LogP contribution in [0.15, 0.2) is 35.3 Å². The van der Waals surface area contributed by atoms with Crippen LogP contribution in [-0.2, 0) is 11.5 Å². The van der Waals surface area contributed by atoms with Crippen molar-refractivity contribution in [1.82, 2.24) is 19.1 Å². The van der Waals surface area contributed by atoms with Crippen LogP contribution in [-0.4, -0.2) is 33.8 Å². The molecular formula is C18H20FN5O2Si. The maximum Gasteiger partial charge on any atom is 0.338 e. The second kappa shape index (κ2) is 7.42. The van der Waals surface area contributed by atoms with Crippen molar-refractivity contribution in [3.05, 3.63) is 52.5 Å². The van der Waals surface area contributed by atoms with Gasteiger partial charge in [-0.25, -0.2) is 19.3 Å². The molecule has 0 saturated heterocycles. The highest BCUT2D eigenvalue weighted by molar-refractivity contribution is 6.76. The fourth-order valence-corrected chi connectivity index (χ4v) is 3.38. The fourth-order valence-electron chi connectivity index (χ4n) is 2.62. The SMILES string of the molecule is C[Si](C)(C)CCOCn1c(=O)n(-c2nc(F)ccc2C#N)c2cccnc21. The van der Waals surface area contributed by atoms with Gasteiger partial charge < -0.3 is 4.74 Å². The zero-order valence-corrected chi connectivity index (χ0v) is 16.4. The van der Waals surface area contributed by atoms with Crippen LogP contribution < -0.4 is 5.69 Å². The summed E-state index contributed by atoms with van der Waals surface area (Å²) in [7, 11) is -1.25. The van der Waals surface area contributed by atoms with Crippen LogP contribution in [0.4, 0.5) is 4.39 Å². The van der Waals surface area contributed by atoms with E-state index in [-0.39, 0.29) is 18.1 Å². The number of hydrogen-bond donors (Lipinski definition) is 0. The van der Waals surface area contributed by atoms with Gasteiger partial charge in [0.1, 0.15) is 12.8 Å². The second-order valence-electron chi connectivity index (χ2n) is 7.36. The molecule has 140 valence electrons. The number of ether oxygens (including phenoxy) is 1. The Balaban J connectivity index is 2.06. The number of halogens is 1. The average molecular weight is 385 g/mol. The number of nitrogens with zero attached hydrogens (tertiary/aromatic N) is 5. The monoisotopic (exact) mass is 385 g/mol. The maximum atomic E-state index is 13.7. The third-order valence-corrected chi connectivity index (χ3v) is 5.78. The first-order chi connectivity index (χ1) is 12.8. The Hall–Kier alpha value is -2.83. The van der Waals surface area contributed by atoms with Crippen molar-refractivity contribution >= 4 is 19.2 Å². The lowest BCUT2D eigenvalue weighted by molar-refractivity contribution is 0.0871. The number of pyridine rings is 2. The van der Waals surface area contributed by atoms with Gasteiger partial charge in [-0.3, -0.25) is 4.57 Å². The average Bonchev–Trinajstić information content (AvgIpc) is 2.89. The minimum atomic E-state index is -1.25. The zero-order chi connectivity index (χ0) is 19.6. The highest BCUT2D eigenvalue weighted by atomic mass is 28.3. The molecular weight excluding hydrogens is 365 g/mol. The molecule has 0 aliphatic rings. The summed E-state index contributed by atoms with van der Waals surface area (Å²) in [6.07, 6.45) is 1.56. The molecule has 0 unspecified atom stereocenters. The number of hydrogen-bond acceptors (Lipinski definition) is 5. The highest BCUT2D eigenvalue weighted by Gasteiger charge is 2.20. The number of fused-ring (bicyclic) bond motifs is 1. The lowest BCUT2D eigenvalue weighted by atomic mass is 10.2. The van der Waals surface area contributed by atoms with E-state index in [1.54, 1.807) is 18.3 Å². The van der Waals surface area contributed by atoms with Crippen molar-refractivity contribution in [2.24, 2.45) is 0 Å². The van der Waals surface area contributed by atoms with E-state index in [4.69, 9.17) is 4.74 Å². The number of nitriles is 1. The van der Waals surface area contributed by atoms with Crippen LogP contribution in [0.1, 0.15) is 5.56 Å². The van der Waals surface area contributed by atoms with E-state index in [2.05, 4.69) is 29.6 Å². The van der Waals surface area contributed by atoms with Gasteiger partial charge in [0, 0.05) is 20.9 Å². The Bertz CT molecular complexity index is 1080. The fraction of sp³-hybridized carbons (Fsp3) is 0.333. The van der Waals surface area contributed by atoms with Crippen molar-refractivity contribution in [1.29, 1.82) is 5.26 Å². The minimum absolute atomic E-state index is 0.0288. The van der Waals surface area contributed by atoms with Gasteiger partial charge in [0.15, 0.2) is 11.5 Å². The van der Waals surface area contributed by atoms with E-state index in [1.165, 1.54) is 15.2 Å². The predicted octanol–water partition coefficient (Wildman–Crippen LogP) is 2.91. The van der Waals surface area contributed by atoms with E-state index >= 15 is 0 Å². The normalized spacial score (nSPS) is 11.7. The van der Waals surface area contributed by atoms with Crippen molar-refractivity contribution in [2.45, 2.75) is 32.4 Å². The molecule has 0 spiro atoms. The van der Waals surface area contributed by atoms with Crippen LogP contribution in [0.2, 0.25) is 25.7 Å². The van der Waals surface area contributed by atoms with Gasteiger partial charge in [-0.2, -0.15) is 9.65 Å². The summed E-state index contributed by atoms with van der Waals surface area (Å²) in [6, 6.07) is 8.65. The quantitative estimate of drug-likeness (QED) is 0.370. The molecule has 0 N–H and O–H groups in total. The zero-order valence-electron chi connectivity index (χ0n) is 15.4. The first kappa shape index (κ1) is 18.9. The molecule has 0 bridgehead atoms. The highest BCUT2D eigenvalue weighted by Crippen LogP contribution is 2.18. The van der Waals surface area contributed by atoms with Gasteiger partial charge in [0.05, 0.1) is 11.1 Å². The third-order valence-electron chi connectivity index (χ3n) is 4.08. The van der Waals surface area contributed by atoms with E-state index in [0.717, 1.165) is 12.1 Å². The molecule has 3 heterocycles. The molecule has 27 heavy (non-hydrogen) atoms. The molecule has 0 aromatic carbocycles. The van der Waals surface area contributed by atoms with Gasteiger partial charge in [-0.05, 0) is 30.3 Å². The molecule has 0 fully saturated rings. The van der Waals surface area contributed by atoms with Gasteiger partial charge in [-0.15, -0.1) is 0 Å². The molecule has 9 heteroatoms. The number of imidazole rings is 1. The van der Waals surface area contributed by atoms with Crippen molar-refractivity contribution in [3.63, 3.8) is 0 Å². The lowest BCUT2D eigenvalue weighted by Crippen LogP contribution is -2.27. The number of aromatic nitrogens is 4. The first-order valence-corrected chi connectivity index (χ1v) is 12.2. The Kier molecular flexibility index (Phi) is 5.21. The summed E-state index contributed by atoms with van der Waals surface area (Å²) in [5, 5.41) is 9.32. The Labute approximate surface area is 156 Å². The van der Waals surface area contributed by atoms with Gasteiger partial charge in [0.25, 0.3) is 0 Å². The molecule has 7 nitrogen and oxygen atoms in total. The Morgan fingerprint density at radius 2 is 2.07 bits per heavy atom. The Morgan fingerprint density at radius 1 is 1.30 bits per heavy atom. The maximum absolute atomic E-state index is 13.7. The van der Waals surface area contributed by atoms with Gasteiger partial charge >= 0.3 is 5.69 Å². The first-order valence-electron chi connectivity index (χ1n) is 8.53. The largest absolute Gasteiger partial charge is 0.361 e. The smallest absolute Gasteiger partial charge is 0.338 e. The molecule has 0 aliphatic carbocycles.